The Morgan fingerprint density at radius 1 is 1.75 bits per heavy atom. The lowest BCUT2D eigenvalue weighted by atomic mass is 10.2. The van der Waals surface area contributed by atoms with Gasteiger partial charge >= 0.3 is 0 Å². The molecular weight excluding hydrogens is 170 g/mol. The number of hydrogen-bond acceptors (Lipinski definition) is 3. The highest BCUT2D eigenvalue weighted by molar-refractivity contribution is 7.15. The van der Waals surface area contributed by atoms with Crippen LogP contribution >= 0.6 is 11.3 Å². The van der Waals surface area contributed by atoms with Crippen molar-refractivity contribution in [3.63, 3.8) is 0 Å². The predicted octanol–water partition coefficient (Wildman–Crippen LogP) is 1.81. The van der Waals surface area contributed by atoms with Crippen LogP contribution in [-0.2, 0) is 0 Å². The quantitative estimate of drug-likeness (QED) is 0.767. The normalized spacial score (nSPS) is 13.8. The van der Waals surface area contributed by atoms with Crippen molar-refractivity contribution in [2.75, 3.05) is 0 Å². The van der Waals surface area contributed by atoms with Crippen molar-refractivity contribution in [1.82, 2.24) is 9.38 Å². The van der Waals surface area contributed by atoms with Crippen molar-refractivity contribution in [2.45, 2.75) is 19.4 Å². The summed E-state index contributed by atoms with van der Waals surface area (Å²) in [5.41, 5.74) is 6.84. The number of nitrogens with zero attached hydrogens (tertiary/aromatic N) is 2. The van der Waals surface area contributed by atoms with Crippen LogP contribution < -0.4 is 5.73 Å². The van der Waals surface area contributed by atoms with Gasteiger partial charge in [0.2, 0.25) is 0 Å². The molecule has 2 aromatic heterocycles. The lowest BCUT2D eigenvalue weighted by Crippen LogP contribution is -2.08. The lowest BCUT2D eigenvalue weighted by Gasteiger charge is -2.01. The number of aromatic nitrogens is 2. The summed E-state index contributed by atoms with van der Waals surface area (Å²) in [5, 5.41) is 2.02. The predicted molar refractivity (Wildman–Crippen MR) is 50.3 cm³/mol. The van der Waals surface area contributed by atoms with Gasteiger partial charge in [0.15, 0.2) is 4.96 Å². The van der Waals surface area contributed by atoms with E-state index in [0.29, 0.717) is 0 Å². The van der Waals surface area contributed by atoms with Gasteiger partial charge < -0.3 is 5.73 Å². The molecule has 0 saturated carbocycles. The Balaban J connectivity index is 2.44. The Hall–Kier alpha value is -0.870. The zero-order valence-electron chi connectivity index (χ0n) is 6.90. The molecule has 0 saturated heterocycles. The molecule has 2 N–H and O–H groups in total. The molecule has 64 valence electrons. The molecule has 12 heavy (non-hydrogen) atoms. The van der Waals surface area contributed by atoms with Gasteiger partial charge in [0, 0.05) is 23.8 Å². The SMILES string of the molecule is CC[C@@H](N)c1cn2ccsc2n1. The van der Waals surface area contributed by atoms with E-state index in [1.165, 1.54) is 0 Å². The summed E-state index contributed by atoms with van der Waals surface area (Å²) in [6.45, 7) is 2.07. The molecule has 0 spiro atoms. The molecule has 0 amide bonds. The van der Waals surface area contributed by atoms with E-state index in [0.717, 1.165) is 17.1 Å². The number of fused-ring (bicyclic) bond motifs is 1. The average molecular weight is 181 g/mol. The Bertz CT molecular complexity index is 348. The minimum atomic E-state index is 0.0806. The molecule has 0 radical (unpaired) electrons. The number of nitrogens with two attached hydrogens (primary N) is 1. The molecule has 4 heteroatoms. The third-order valence-electron chi connectivity index (χ3n) is 1.93. The minimum absolute atomic E-state index is 0.0806. The fourth-order valence-corrected chi connectivity index (χ4v) is 1.84. The molecule has 3 nitrogen and oxygen atoms in total. The van der Waals surface area contributed by atoms with Crippen LogP contribution in [0.1, 0.15) is 25.1 Å². The van der Waals surface area contributed by atoms with Crippen LogP contribution in [0.25, 0.3) is 4.96 Å². The van der Waals surface area contributed by atoms with E-state index in [1.54, 1.807) is 11.3 Å². The van der Waals surface area contributed by atoms with E-state index < -0.39 is 0 Å². The lowest BCUT2D eigenvalue weighted by molar-refractivity contribution is 0.681. The van der Waals surface area contributed by atoms with Crippen LogP contribution in [-0.4, -0.2) is 9.38 Å². The molecule has 0 aliphatic rings. The number of rotatable bonds is 2. The third-order valence-corrected chi connectivity index (χ3v) is 2.70. The largest absolute Gasteiger partial charge is 0.323 e. The monoisotopic (exact) mass is 181 g/mol. The molecule has 2 heterocycles. The van der Waals surface area contributed by atoms with E-state index in [1.807, 2.05) is 22.2 Å². The average Bonchev–Trinajstić information content (AvgIpc) is 2.60. The van der Waals surface area contributed by atoms with E-state index in [2.05, 4.69) is 11.9 Å². The van der Waals surface area contributed by atoms with Crippen LogP contribution in [0.2, 0.25) is 0 Å². The fraction of sp³-hybridized carbons (Fsp3) is 0.375. The first-order valence-corrected chi connectivity index (χ1v) is 4.87. The Kier molecular flexibility index (Phi) is 1.86. The first kappa shape index (κ1) is 7.76. The molecule has 0 aliphatic carbocycles. The molecule has 0 aromatic carbocycles. The molecule has 2 rings (SSSR count). The maximum atomic E-state index is 5.85. The van der Waals surface area contributed by atoms with E-state index in [9.17, 15) is 0 Å². The van der Waals surface area contributed by atoms with Crippen LogP contribution in [0.5, 0.6) is 0 Å². The fourth-order valence-electron chi connectivity index (χ4n) is 1.13. The highest BCUT2D eigenvalue weighted by Gasteiger charge is 2.08. The van der Waals surface area contributed by atoms with Crippen molar-refractivity contribution in [3.05, 3.63) is 23.5 Å². The summed E-state index contributed by atoms with van der Waals surface area (Å²) in [6.07, 6.45) is 4.93. The van der Waals surface area contributed by atoms with Crippen LogP contribution in [0, 0.1) is 0 Å². The van der Waals surface area contributed by atoms with Gasteiger partial charge in [-0.05, 0) is 6.42 Å². The van der Waals surface area contributed by atoms with E-state index in [-0.39, 0.29) is 6.04 Å². The van der Waals surface area contributed by atoms with Crippen molar-refractivity contribution in [3.8, 4) is 0 Å². The topological polar surface area (TPSA) is 43.3 Å². The summed E-state index contributed by atoms with van der Waals surface area (Å²) in [7, 11) is 0. The minimum Gasteiger partial charge on any atom is -0.323 e. The number of imidazole rings is 1. The second-order valence-corrected chi connectivity index (χ2v) is 3.65. The number of thiazole rings is 1. The standard InChI is InChI=1S/C8H11N3S/c1-2-6(9)7-5-11-3-4-12-8(11)10-7/h3-6H,2,9H2,1H3/t6-/m1/s1. The van der Waals surface area contributed by atoms with Crippen LogP contribution in [0.3, 0.4) is 0 Å². The first-order chi connectivity index (χ1) is 5.81. The van der Waals surface area contributed by atoms with Gasteiger partial charge in [-0.2, -0.15) is 0 Å². The van der Waals surface area contributed by atoms with Crippen LogP contribution in [0.4, 0.5) is 0 Å². The summed E-state index contributed by atoms with van der Waals surface area (Å²) in [6, 6.07) is 0.0806. The Labute approximate surface area is 74.8 Å². The summed E-state index contributed by atoms with van der Waals surface area (Å²) >= 11 is 1.63. The van der Waals surface area contributed by atoms with Crippen molar-refractivity contribution >= 4 is 16.3 Å². The third kappa shape index (κ3) is 1.13. The Morgan fingerprint density at radius 3 is 3.25 bits per heavy atom. The van der Waals surface area contributed by atoms with E-state index >= 15 is 0 Å². The highest BCUT2D eigenvalue weighted by Crippen LogP contribution is 2.16. The van der Waals surface area contributed by atoms with Crippen molar-refractivity contribution in [1.29, 1.82) is 0 Å². The van der Waals surface area contributed by atoms with Crippen molar-refractivity contribution < 1.29 is 0 Å². The van der Waals surface area contributed by atoms with Gasteiger partial charge in [0.25, 0.3) is 0 Å². The zero-order chi connectivity index (χ0) is 8.55. The molecule has 2 aromatic rings. The van der Waals surface area contributed by atoms with Gasteiger partial charge in [-0.1, -0.05) is 6.92 Å². The van der Waals surface area contributed by atoms with Gasteiger partial charge in [-0.3, -0.25) is 4.40 Å². The molecule has 1 atom stereocenters. The Morgan fingerprint density at radius 2 is 2.58 bits per heavy atom. The highest BCUT2D eigenvalue weighted by atomic mass is 32.1. The van der Waals surface area contributed by atoms with Gasteiger partial charge in [-0.25, -0.2) is 4.98 Å². The maximum absolute atomic E-state index is 5.85. The molecule has 0 bridgehead atoms. The maximum Gasteiger partial charge on any atom is 0.193 e. The van der Waals surface area contributed by atoms with Gasteiger partial charge in [0.1, 0.15) is 0 Å². The zero-order valence-corrected chi connectivity index (χ0v) is 7.71. The molecule has 0 unspecified atom stereocenters. The summed E-state index contributed by atoms with van der Waals surface area (Å²) < 4.78 is 2.01. The summed E-state index contributed by atoms with van der Waals surface area (Å²) in [5.74, 6) is 0. The second-order valence-electron chi connectivity index (χ2n) is 2.77. The van der Waals surface area contributed by atoms with Gasteiger partial charge in [-0.15, -0.1) is 11.3 Å². The number of hydrogen-bond donors (Lipinski definition) is 1. The molecule has 0 aliphatic heterocycles. The summed E-state index contributed by atoms with van der Waals surface area (Å²) in [4.78, 5) is 5.42. The second kappa shape index (κ2) is 2.88. The van der Waals surface area contributed by atoms with Crippen LogP contribution in [0.15, 0.2) is 17.8 Å². The first-order valence-electron chi connectivity index (χ1n) is 3.99. The molecule has 0 fully saturated rings. The smallest absolute Gasteiger partial charge is 0.193 e. The van der Waals surface area contributed by atoms with E-state index in [4.69, 9.17) is 5.73 Å². The molecular formula is C8H11N3S. The van der Waals surface area contributed by atoms with Gasteiger partial charge in [0.05, 0.1) is 5.69 Å². The van der Waals surface area contributed by atoms with Crippen molar-refractivity contribution in [2.24, 2.45) is 5.73 Å².